The molecule has 0 saturated carbocycles. The summed E-state index contributed by atoms with van der Waals surface area (Å²) in [5.74, 6) is 0.920. The number of aromatic nitrogens is 3. The highest BCUT2D eigenvalue weighted by Gasteiger charge is 2.17. The van der Waals surface area contributed by atoms with Gasteiger partial charge in [0.05, 0.1) is 16.4 Å². The van der Waals surface area contributed by atoms with Gasteiger partial charge in [-0.05, 0) is 50.8 Å². The summed E-state index contributed by atoms with van der Waals surface area (Å²) < 4.78 is 2.12. The molecular weight excluding hydrogens is 284 g/mol. The highest BCUT2D eigenvalue weighted by Crippen LogP contribution is 2.23. The van der Waals surface area contributed by atoms with Crippen LogP contribution in [0.5, 0.6) is 0 Å². The molecule has 0 aromatic carbocycles. The quantitative estimate of drug-likeness (QED) is 0.862. The molecule has 0 unspecified atom stereocenters. The maximum absolute atomic E-state index is 6.25. The van der Waals surface area contributed by atoms with Gasteiger partial charge in [0.15, 0.2) is 0 Å². The highest BCUT2D eigenvalue weighted by atomic mass is 35.5. The SMILES string of the molecule is CCCNCc1nc(-n2cnc3c2CCCC3)ccc1Cl. The maximum Gasteiger partial charge on any atom is 0.138 e. The Labute approximate surface area is 130 Å². The fraction of sp³-hybridized carbons (Fsp3) is 0.500. The van der Waals surface area contributed by atoms with Crippen molar-refractivity contribution in [3.63, 3.8) is 0 Å². The van der Waals surface area contributed by atoms with Crippen molar-refractivity contribution in [2.24, 2.45) is 0 Å². The zero-order valence-electron chi connectivity index (χ0n) is 12.4. The molecule has 112 valence electrons. The van der Waals surface area contributed by atoms with Crippen LogP contribution in [0.4, 0.5) is 0 Å². The van der Waals surface area contributed by atoms with Gasteiger partial charge in [-0.25, -0.2) is 9.97 Å². The molecule has 1 aliphatic rings. The second-order valence-electron chi connectivity index (χ2n) is 5.49. The molecule has 0 radical (unpaired) electrons. The summed E-state index contributed by atoms with van der Waals surface area (Å²) in [4.78, 5) is 9.26. The molecule has 0 atom stereocenters. The van der Waals surface area contributed by atoms with Gasteiger partial charge in [0.1, 0.15) is 12.1 Å². The molecule has 0 aliphatic heterocycles. The molecule has 0 saturated heterocycles. The third-order valence-corrected chi connectivity index (χ3v) is 4.24. The van der Waals surface area contributed by atoms with Crippen molar-refractivity contribution in [1.29, 1.82) is 0 Å². The summed E-state index contributed by atoms with van der Waals surface area (Å²) >= 11 is 6.25. The largest absolute Gasteiger partial charge is 0.311 e. The third-order valence-electron chi connectivity index (χ3n) is 3.90. The Kier molecular flexibility index (Phi) is 4.56. The third kappa shape index (κ3) is 3.11. The van der Waals surface area contributed by atoms with Gasteiger partial charge in [-0.15, -0.1) is 0 Å². The molecule has 0 bridgehead atoms. The maximum atomic E-state index is 6.25. The van der Waals surface area contributed by atoms with E-state index in [0.717, 1.165) is 42.3 Å². The zero-order chi connectivity index (χ0) is 14.7. The second-order valence-corrected chi connectivity index (χ2v) is 5.90. The zero-order valence-corrected chi connectivity index (χ0v) is 13.2. The predicted molar refractivity (Wildman–Crippen MR) is 85.0 cm³/mol. The number of pyridine rings is 1. The van der Waals surface area contributed by atoms with Crippen molar-refractivity contribution in [1.82, 2.24) is 19.9 Å². The molecule has 1 aliphatic carbocycles. The van der Waals surface area contributed by atoms with Crippen LogP contribution in [0.15, 0.2) is 18.5 Å². The van der Waals surface area contributed by atoms with Gasteiger partial charge in [0, 0.05) is 12.2 Å². The number of hydrogen-bond donors (Lipinski definition) is 1. The van der Waals surface area contributed by atoms with Gasteiger partial charge in [0.25, 0.3) is 0 Å². The minimum absolute atomic E-state index is 0.706. The van der Waals surface area contributed by atoms with Crippen molar-refractivity contribution in [3.8, 4) is 5.82 Å². The van der Waals surface area contributed by atoms with Gasteiger partial charge in [-0.1, -0.05) is 18.5 Å². The lowest BCUT2D eigenvalue weighted by molar-refractivity contribution is 0.649. The van der Waals surface area contributed by atoms with Crippen LogP contribution in [0, 0.1) is 0 Å². The fourth-order valence-electron chi connectivity index (χ4n) is 2.78. The van der Waals surface area contributed by atoms with Crippen LogP contribution in [0.25, 0.3) is 5.82 Å². The Hall–Kier alpha value is -1.39. The molecule has 21 heavy (non-hydrogen) atoms. The van der Waals surface area contributed by atoms with Crippen molar-refractivity contribution in [2.75, 3.05) is 6.54 Å². The molecule has 0 spiro atoms. The molecule has 4 nitrogen and oxygen atoms in total. The number of halogens is 1. The van der Waals surface area contributed by atoms with Crippen molar-refractivity contribution >= 4 is 11.6 Å². The number of nitrogens with one attached hydrogen (secondary N) is 1. The predicted octanol–water partition coefficient (Wildman–Crippen LogP) is 3.30. The number of aryl methyl sites for hydroxylation is 1. The number of hydrogen-bond acceptors (Lipinski definition) is 3. The number of fused-ring (bicyclic) bond motifs is 1. The molecule has 0 fully saturated rings. The van der Waals surface area contributed by atoms with Crippen molar-refractivity contribution in [3.05, 3.63) is 40.6 Å². The second kappa shape index (κ2) is 6.58. The van der Waals surface area contributed by atoms with Gasteiger partial charge >= 0.3 is 0 Å². The van der Waals surface area contributed by atoms with E-state index in [1.54, 1.807) is 0 Å². The lowest BCUT2D eigenvalue weighted by Crippen LogP contribution is -2.16. The lowest BCUT2D eigenvalue weighted by Gasteiger charge is -2.14. The molecule has 5 heteroatoms. The minimum Gasteiger partial charge on any atom is -0.311 e. The fourth-order valence-corrected chi connectivity index (χ4v) is 2.95. The Balaban J connectivity index is 1.88. The summed E-state index contributed by atoms with van der Waals surface area (Å²) in [6, 6.07) is 3.91. The number of nitrogens with zero attached hydrogens (tertiary/aromatic N) is 3. The van der Waals surface area contributed by atoms with E-state index in [0.29, 0.717) is 6.54 Å². The van der Waals surface area contributed by atoms with E-state index < -0.39 is 0 Å². The van der Waals surface area contributed by atoms with E-state index in [4.69, 9.17) is 16.6 Å². The average molecular weight is 305 g/mol. The van der Waals surface area contributed by atoms with Crippen molar-refractivity contribution < 1.29 is 0 Å². The van der Waals surface area contributed by atoms with E-state index in [1.807, 2.05) is 18.5 Å². The van der Waals surface area contributed by atoms with Gasteiger partial charge < -0.3 is 5.32 Å². The van der Waals surface area contributed by atoms with Gasteiger partial charge in [-0.2, -0.15) is 0 Å². The van der Waals surface area contributed by atoms with Crippen LogP contribution < -0.4 is 5.32 Å². The Morgan fingerprint density at radius 3 is 3.00 bits per heavy atom. The van der Waals surface area contributed by atoms with Crippen molar-refractivity contribution in [2.45, 2.75) is 45.6 Å². The first-order valence-electron chi connectivity index (χ1n) is 7.71. The Morgan fingerprint density at radius 2 is 2.14 bits per heavy atom. The van der Waals surface area contributed by atoms with E-state index in [9.17, 15) is 0 Å². The molecule has 1 N–H and O–H groups in total. The summed E-state index contributed by atoms with van der Waals surface area (Å²) in [5.41, 5.74) is 3.44. The van der Waals surface area contributed by atoms with Crippen LogP contribution in [0.1, 0.15) is 43.3 Å². The first-order valence-corrected chi connectivity index (χ1v) is 8.09. The number of rotatable bonds is 5. The van der Waals surface area contributed by atoms with Gasteiger partial charge in [0.2, 0.25) is 0 Å². The topological polar surface area (TPSA) is 42.7 Å². The summed E-state index contributed by atoms with van der Waals surface area (Å²) in [6.45, 7) is 3.83. The van der Waals surface area contributed by atoms with E-state index in [1.165, 1.54) is 24.2 Å². The summed E-state index contributed by atoms with van der Waals surface area (Å²) in [5, 5.41) is 4.07. The smallest absolute Gasteiger partial charge is 0.138 e. The molecule has 2 aromatic heterocycles. The lowest BCUT2D eigenvalue weighted by atomic mass is 10.0. The van der Waals surface area contributed by atoms with Crippen LogP contribution >= 0.6 is 11.6 Å². The molecular formula is C16H21ClN4. The molecule has 2 heterocycles. The minimum atomic E-state index is 0.706. The van der Waals surface area contributed by atoms with Crippen LogP contribution in [0.2, 0.25) is 5.02 Å². The number of imidazole rings is 1. The molecule has 3 rings (SSSR count). The van der Waals surface area contributed by atoms with E-state index >= 15 is 0 Å². The standard InChI is InChI=1S/C16H21ClN4/c1-2-9-18-10-14-12(17)7-8-16(20-14)21-11-19-13-5-3-4-6-15(13)21/h7-8,11,18H,2-6,9-10H2,1H3. The highest BCUT2D eigenvalue weighted by molar-refractivity contribution is 6.31. The first kappa shape index (κ1) is 14.5. The molecule has 2 aromatic rings. The summed E-state index contributed by atoms with van der Waals surface area (Å²) in [7, 11) is 0. The average Bonchev–Trinajstić information content (AvgIpc) is 2.93. The molecule has 0 amide bonds. The van der Waals surface area contributed by atoms with Crippen LogP contribution in [-0.4, -0.2) is 21.1 Å². The monoisotopic (exact) mass is 304 g/mol. The van der Waals surface area contributed by atoms with E-state index in [2.05, 4.69) is 21.8 Å². The first-order chi connectivity index (χ1) is 10.3. The normalized spacial score (nSPS) is 14.2. The van der Waals surface area contributed by atoms with Crippen LogP contribution in [0.3, 0.4) is 0 Å². The Morgan fingerprint density at radius 1 is 1.29 bits per heavy atom. The van der Waals surface area contributed by atoms with E-state index in [-0.39, 0.29) is 0 Å². The summed E-state index contributed by atoms with van der Waals surface area (Å²) in [6.07, 6.45) is 7.65. The van der Waals surface area contributed by atoms with Gasteiger partial charge in [-0.3, -0.25) is 4.57 Å². The van der Waals surface area contributed by atoms with Crippen LogP contribution in [-0.2, 0) is 19.4 Å². The Bertz CT molecular complexity index is 621.